The first kappa shape index (κ1) is 16.2. The number of nitrogens with one attached hydrogen (secondary N) is 2. The van der Waals surface area contributed by atoms with Crippen molar-refractivity contribution in [3.8, 4) is 0 Å². The summed E-state index contributed by atoms with van der Waals surface area (Å²) >= 11 is 5.79. The van der Waals surface area contributed by atoms with Crippen LogP contribution in [0.1, 0.15) is 10.4 Å². The van der Waals surface area contributed by atoms with Gasteiger partial charge < -0.3 is 15.5 Å². The van der Waals surface area contributed by atoms with Gasteiger partial charge in [-0.3, -0.25) is 4.79 Å². The molecule has 0 aliphatic rings. The zero-order valence-corrected chi connectivity index (χ0v) is 13.3. The van der Waals surface area contributed by atoms with Crippen LogP contribution in [0.2, 0.25) is 5.02 Å². The number of halogens is 1. The van der Waals surface area contributed by atoms with Gasteiger partial charge in [0.05, 0.1) is 0 Å². The summed E-state index contributed by atoms with van der Waals surface area (Å²) in [5.41, 5.74) is 0.513. The van der Waals surface area contributed by atoms with Crippen molar-refractivity contribution in [2.45, 2.75) is 0 Å². The third kappa shape index (κ3) is 4.98. The summed E-state index contributed by atoms with van der Waals surface area (Å²) in [6.07, 6.45) is 0. The van der Waals surface area contributed by atoms with Crippen LogP contribution in [0.15, 0.2) is 36.4 Å². The number of carbonyl (C=O) groups is 1. The Morgan fingerprint density at radius 3 is 2.32 bits per heavy atom. The fourth-order valence-electron chi connectivity index (χ4n) is 1.69. The lowest BCUT2D eigenvalue weighted by atomic mass is 10.2. The fraction of sp³-hybridized carbons (Fsp3) is 0.267. The molecule has 2 rings (SSSR count). The number of hydrogen-bond acceptors (Lipinski definition) is 5. The number of hydrogen-bond donors (Lipinski definition) is 2. The summed E-state index contributed by atoms with van der Waals surface area (Å²) in [6.45, 7) is 1.68. The summed E-state index contributed by atoms with van der Waals surface area (Å²) in [5.74, 6) is 0.823. The van der Waals surface area contributed by atoms with E-state index in [1.807, 2.05) is 14.1 Å². The van der Waals surface area contributed by atoms with Crippen LogP contribution in [-0.4, -0.2) is 48.2 Å². The summed E-state index contributed by atoms with van der Waals surface area (Å²) in [4.78, 5) is 14.1. The van der Waals surface area contributed by atoms with E-state index in [4.69, 9.17) is 11.6 Å². The van der Waals surface area contributed by atoms with E-state index in [1.54, 1.807) is 36.4 Å². The van der Waals surface area contributed by atoms with Gasteiger partial charge in [-0.15, -0.1) is 10.2 Å². The van der Waals surface area contributed by atoms with Crippen molar-refractivity contribution in [2.24, 2.45) is 0 Å². The molecule has 1 aromatic carbocycles. The summed E-state index contributed by atoms with van der Waals surface area (Å²) < 4.78 is 0. The molecule has 0 saturated carbocycles. The fourth-order valence-corrected chi connectivity index (χ4v) is 1.82. The van der Waals surface area contributed by atoms with Gasteiger partial charge in [0.25, 0.3) is 5.91 Å². The van der Waals surface area contributed by atoms with Crippen molar-refractivity contribution in [1.29, 1.82) is 0 Å². The Balaban J connectivity index is 1.90. The maximum Gasteiger partial charge on any atom is 0.256 e. The highest BCUT2D eigenvalue weighted by Crippen LogP contribution is 2.12. The molecule has 2 aromatic rings. The van der Waals surface area contributed by atoms with E-state index < -0.39 is 0 Å². The molecule has 0 bridgehead atoms. The number of anilines is 2. The molecule has 0 saturated heterocycles. The molecule has 1 aromatic heterocycles. The van der Waals surface area contributed by atoms with Crippen LogP contribution >= 0.6 is 11.6 Å². The molecular weight excluding hydrogens is 302 g/mol. The number of rotatable bonds is 6. The molecule has 7 heteroatoms. The normalized spacial score (nSPS) is 10.5. The predicted molar refractivity (Wildman–Crippen MR) is 88.5 cm³/mol. The van der Waals surface area contributed by atoms with E-state index in [2.05, 4.69) is 25.7 Å². The first-order valence-electron chi connectivity index (χ1n) is 6.84. The van der Waals surface area contributed by atoms with Gasteiger partial charge >= 0.3 is 0 Å². The van der Waals surface area contributed by atoms with Crippen LogP contribution in [0, 0.1) is 0 Å². The van der Waals surface area contributed by atoms with Crippen molar-refractivity contribution in [2.75, 3.05) is 37.8 Å². The van der Waals surface area contributed by atoms with E-state index in [1.165, 1.54) is 0 Å². The molecule has 6 nitrogen and oxygen atoms in total. The molecule has 2 N–H and O–H groups in total. The Labute approximate surface area is 134 Å². The molecule has 0 fully saturated rings. The maximum absolute atomic E-state index is 12.0. The topological polar surface area (TPSA) is 70.2 Å². The van der Waals surface area contributed by atoms with E-state index in [9.17, 15) is 4.79 Å². The SMILES string of the molecule is CN(C)CCNc1ccc(NC(=O)c2ccc(Cl)cc2)nn1. The van der Waals surface area contributed by atoms with Gasteiger partial charge in [-0.25, -0.2) is 0 Å². The highest BCUT2D eigenvalue weighted by atomic mass is 35.5. The molecular formula is C15H18ClN5O. The molecule has 0 aliphatic carbocycles. The van der Waals surface area contributed by atoms with Crippen molar-refractivity contribution in [1.82, 2.24) is 15.1 Å². The van der Waals surface area contributed by atoms with Gasteiger partial charge in [-0.2, -0.15) is 0 Å². The minimum Gasteiger partial charge on any atom is -0.367 e. The van der Waals surface area contributed by atoms with Crippen LogP contribution in [-0.2, 0) is 0 Å². The minimum absolute atomic E-state index is 0.251. The Bertz CT molecular complexity index is 613. The zero-order valence-electron chi connectivity index (χ0n) is 12.5. The molecule has 116 valence electrons. The third-order valence-electron chi connectivity index (χ3n) is 2.88. The first-order valence-corrected chi connectivity index (χ1v) is 7.21. The van der Waals surface area contributed by atoms with Crippen molar-refractivity contribution in [3.05, 3.63) is 47.0 Å². The standard InChI is InChI=1S/C15H18ClN5O/c1-21(2)10-9-17-13-7-8-14(20-19-13)18-15(22)11-3-5-12(16)6-4-11/h3-8H,9-10H2,1-2H3,(H,17,19)(H,18,20,22). The molecule has 0 aliphatic heterocycles. The molecule has 0 atom stereocenters. The summed E-state index contributed by atoms with van der Waals surface area (Å²) in [6, 6.07) is 10.1. The van der Waals surface area contributed by atoms with Gasteiger partial charge in [0.15, 0.2) is 5.82 Å². The summed E-state index contributed by atoms with van der Waals surface area (Å²) in [5, 5.41) is 14.4. The van der Waals surface area contributed by atoms with Gasteiger partial charge in [0.2, 0.25) is 0 Å². The van der Waals surface area contributed by atoms with E-state index in [0.29, 0.717) is 22.2 Å². The third-order valence-corrected chi connectivity index (χ3v) is 3.13. The number of amides is 1. The Kier molecular flexibility index (Phi) is 5.68. The Morgan fingerprint density at radius 1 is 1.09 bits per heavy atom. The largest absolute Gasteiger partial charge is 0.367 e. The molecule has 0 radical (unpaired) electrons. The number of aromatic nitrogens is 2. The summed E-state index contributed by atoms with van der Waals surface area (Å²) in [7, 11) is 4.01. The lowest BCUT2D eigenvalue weighted by Crippen LogP contribution is -2.21. The average molecular weight is 320 g/mol. The Morgan fingerprint density at radius 2 is 1.73 bits per heavy atom. The van der Waals surface area contributed by atoms with Crippen LogP contribution in [0.25, 0.3) is 0 Å². The lowest BCUT2D eigenvalue weighted by molar-refractivity contribution is 0.102. The van der Waals surface area contributed by atoms with Crippen molar-refractivity contribution < 1.29 is 4.79 Å². The number of nitrogens with zero attached hydrogens (tertiary/aromatic N) is 3. The van der Waals surface area contributed by atoms with E-state index in [0.717, 1.165) is 13.1 Å². The molecule has 0 unspecified atom stereocenters. The van der Waals surface area contributed by atoms with Crippen LogP contribution in [0.5, 0.6) is 0 Å². The second-order valence-corrected chi connectivity index (χ2v) is 5.43. The minimum atomic E-state index is -0.251. The van der Waals surface area contributed by atoms with Gasteiger partial charge in [-0.1, -0.05) is 11.6 Å². The lowest BCUT2D eigenvalue weighted by Gasteiger charge is -2.10. The molecule has 0 spiro atoms. The van der Waals surface area contributed by atoms with Crippen LogP contribution in [0.4, 0.5) is 11.6 Å². The second-order valence-electron chi connectivity index (χ2n) is 4.99. The maximum atomic E-state index is 12.0. The van der Waals surface area contributed by atoms with Gasteiger partial charge in [0, 0.05) is 23.7 Å². The average Bonchev–Trinajstić information content (AvgIpc) is 2.49. The molecule has 22 heavy (non-hydrogen) atoms. The highest BCUT2D eigenvalue weighted by Gasteiger charge is 2.07. The van der Waals surface area contributed by atoms with E-state index in [-0.39, 0.29) is 5.91 Å². The quantitative estimate of drug-likeness (QED) is 0.855. The van der Waals surface area contributed by atoms with E-state index >= 15 is 0 Å². The van der Waals surface area contributed by atoms with Crippen molar-refractivity contribution in [3.63, 3.8) is 0 Å². The Hall–Kier alpha value is -2.18. The van der Waals surface area contributed by atoms with Crippen LogP contribution < -0.4 is 10.6 Å². The zero-order chi connectivity index (χ0) is 15.9. The monoisotopic (exact) mass is 319 g/mol. The highest BCUT2D eigenvalue weighted by molar-refractivity contribution is 6.30. The second kappa shape index (κ2) is 7.72. The predicted octanol–water partition coefficient (Wildman–Crippen LogP) is 2.36. The molecule has 1 heterocycles. The van der Waals surface area contributed by atoms with Crippen molar-refractivity contribution >= 4 is 29.1 Å². The number of likely N-dealkylation sites (N-methyl/N-ethyl adjacent to an activating group) is 1. The van der Waals surface area contributed by atoms with Gasteiger partial charge in [0.1, 0.15) is 5.82 Å². The van der Waals surface area contributed by atoms with Gasteiger partial charge in [-0.05, 0) is 50.5 Å². The first-order chi connectivity index (χ1) is 10.5. The smallest absolute Gasteiger partial charge is 0.256 e. The molecule has 1 amide bonds. The van der Waals surface area contributed by atoms with Crippen LogP contribution in [0.3, 0.4) is 0 Å². The number of carbonyl (C=O) groups excluding carboxylic acids is 1. The number of benzene rings is 1.